The molecule has 2 saturated heterocycles. The Morgan fingerprint density at radius 3 is 2.69 bits per heavy atom. The summed E-state index contributed by atoms with van der Waals surface area (Å²) in [7, 11) is 0. The average Bonchev–Trinajstić information content (AvgIpc) is 3.12. The van der Waals surface area contributed by atoms with Crippen molar-refractivity contribution in [3.63, 3.8) is 0 Å². The van der Waals surface area contributed by atoms with Crippen molar-refractivity contribution < 1.29 is 14.7 Å². The van der Waals surface area contributed by atoms with E-state index in [1.54, 1.807) is 17.0 Å². The minimum Gasteiger partial charge on any atom is -0.392 e. The number of halogens is 2. The van der Waals surface area contributed by atoms with Gasteiger partial charge in [0.25, 0.3) is 5.91 Å². The fourth-order valence-electron chi connectivity index (χ4n) is 3.59. The van der Waals surface area contributed by atoms with Crippen LogP contribution in [0.5, 0.6) is 0 Å². The third kappa shape index (κ3) is 4.68. The highest BCUT2D eigenvalue weighted by Gasteiger charge is 2.32. The van der Waals surface area contributed by atoms with Gasteiger partial charge < -0.3 is 15.3 Å². The van der Waals surface area contributed by atoms with Gasteiger partial charge in [-0.05, 0) is 44.0 Å². The van der Waals surface area contributed by atoms with Crippen LogP contribution in [0.25, 0.3) is 0 Å². The lowest BCUT2D eigenvalue weighted by Crippen LogP contribution is -2.47. The molecule has 2 aliphatic rings. The zero-order chi connectivity index (χ0) is 18.7. The summed E-state index contributed by atoms with van der Waals surface area (Å²) in [6, 6.07) is 4.90. The number of nitrogens with zero attached hydrogens (tertiary/aromatic N) is 2. The second kappa shape index (κ2) is 8.57. The summed E-state index contributed by atoms with van der Waals surface area (Å²) in [5.41, 5.74) is 0.369. The SMILES string of the molecule is O=C(NCC(=O)N1CCC(N2CCCC(O)C2)C1)c1ccc(Cl)c(Cl)c1. The Morgan fingerprint density at radius 1 is 1.15 bits per heavy atom. The topological polar surface area (TPSA) is 72.9 Å². The molecule has 142 valence electrons. The van der Waals surface area contributed by atoms with E-state index >= 15 is 0 Å². The van der Waals surface area contributed by atoms with E-state index in [1.165, 1.54) is 6.07 Å². The van der Waals surface area contributed by atoms with Crippen molar-refractivity contribution in [2.24, 2.45) is 0 Å². The molecular formula is C18H23Cl2N3O3. The number of rotatable bonds is 4. The van der Waals surface area contributed by atoms with Crippen molar-refractivity contribution in [1.29, 1.82) is 0 Å². The maximum atomic E-state index is 12.4. The van der Waals surface area contributed by atoms with Crippen molar-refractivity contribution in [3.8, 4) is 0 Å². The van der Waals surface area contributed by atoms with Crippen LogP contribution in [-0.2, 0) is 4.79 Å². The molecule has 6 nitrogen and oxygen atoms in total. The van der Waals surface area contributed by atoms with Crippen molar-refractivity contribution in [1.82, 2.24) is 15.1 Å². The van der Waals surface area contributed by atoms with E-state index in [1.807, 2.05) is 0 Å². The van der Waals surface area contributed by atoms with E-state index in [9.17, 15) is 14.7 Å². The number of hydrogen-bond donors (Lipinski definition) is 2. The number of likely N-dealkylation sites (tertiary alicyclic amines) is 2. The van der Waals surface area contributed by atoms with Crippen LogP contribution in [0.1, 0.15) is 29.6 Å². The number of amides is 2. The summed E-state index contributed by atoms with van der Waals surface area (Å²) in [5, 5.41) is 13.1. The Hall–Kier alpha value is -1.34. The van der Waals surface area contributed by atoms with E-state index in [4.69, 9.17) is 23.2 Å². The van der Waals surface area contributed by atoms with Gasteiger partial charge in [0.05, 0.1) is 22.7 Å². The Bertz CT molecular complexity index is 686. The quantitative estimate of drug-likeness (QED) is 0.809. The summed E-state index contributed by atoms with van der Waals surface area (Å²) < 4.78 is 0. The summed E-state index contributed by atoms with van der Waals surface area (Å²) >= 11 is 11.8. The molecule has 2 atom stereocenters. The van der Waals surface area contributed by atoms with Gasteiger partial charge in [-0.1, -0.05) is 23.2 Å². The smallest absolute Gasteiger partial charge is 0.251 e. The Morgan fingerprint density at radius 2 is 1.96 bits per heavy atom. The largest absolute Gasteiger partial charge is 0.392 e. The molecule has 0 aliphatic carbocycles. The lowest BCUT2D eigenvalue weighted by Gasteiger charge is -2.34. The third-order valence-corrected chi connectivity index (χ3v) is 5.78. The highest BCUT2D eigenvalue weighted by Crippen LogP contribution is 2.23. The first-order chi connectivity index (χ1) is 12.4. The highest BCUT2D eigenvalue weighted by atomic mass is 35.5. The van der Waals surface area contributed by atoms with Crippen LogP contribution in [0.2, 0.25) is 10.0 Å². The molecule has 2 fully saturated rings. The summed E-state index contributed by atoms with van der Waals surface area (Å²) in [6.07, 6.45) is 2.48. The summed E-state index contributed by atoms with van der Waals surface area (Å²) in [5.74, 6) is -0.453. The van der Waals surface area contributed by atoms with E-state index in [0.29, 0.717) is 41.3 Å². The molecule has 2 aliphatic heterocycles. The van der Waals surface area contributed by atoms with Gasteiger partial charge in [-0.25, -0.2) is 0 Å². The van der Waals surface area contributed by atoms with Crippen LogP contribution in [0.3, 0.4) is 0 Å². The number of β-amino-alcohol motifs (C(OH)–C–C–N with tert-alkyl or cyclic N) is 1. The Labute approximate surface area is 163 Å². The fraction of sp³-hybridized carbons (Fsp3) is 0.556. The minimum atomic E-state index is -0.355. The zero-order valence-electron chi connectivity index (χ0n) is 14.5. The van der Waals surface area contributed by atoms with Crippen LogP contribution < -0.4 is 5.32 Å². The predicted molar refractivity (Wildman–Crippen MR) is 101 cm³/mol. The van der Waals surface area contributed by atoms with Crippen molar-refractivity contribution in [3.05, 3.63) is 33.8 Å². The van der Waals surface area contributed by atoms with E-state index in [-0.39, 0.29) is 24.5 Å². The molecule has 2 amide bonds. The molecule has 1 aromatic carbocycles. The lowest BCUT2D eigenvalue weighted by atomic mass is 10.1. The number of aliphatic hydroxyl groups excluding tert-OH is 1. The summed E-state index contributed by atoms with van der Waals surface area (Å²) in [6.45, 7) is 2.93. The normalized spacial score (nSPS) is 23.9. The maximum Gasteiger partial charge on any atom is 0.251 e. The first-order valence-electron chi connectivity index (χ1n) is 8.87. The van der Waals surface area contributed by atoms with Gasteiger partial charge in [-0.3, -0.25) is 14.5 Å². The molecule has 0 aromatic heterocycles. The number of carbonyl (C=O) groups is 2. The van der Waals surface area contributed by atoms with Crippen LogP contribution in [0, 0.1) is 0 Å². The number of aliphatic hydroxyl groups is 1. The van der Waals surface area contributed by atoms with Crippen LogP contribution >= 0.6 is 23.2 Å². The number of nitrogens with one attached hydrogen (secondary N) is 1. The molecule has 2 N–H and O–H groups in total. The third-order valence-electron chi connectivity index (χ3n) is 5.04. The molecule has 26 heavy (non-hydrogen) atoms. The van der Waals surface area contributed by atoms with E-state index in [0.717, 1.165) is 25.8 Å². The van der Waals surface area contributed by atoms with Crippen LogP contribution in [0.4, 0.5) is 0 Å². The Balaban J connectivity index is 1.48. The molecule has 1 aromatic rings. The zero-order valence-corrected chi connectivity index (χ0v) is 16.0. The average molecular weight is 400 g/mol. The first-order valence-corrected chi connectivity index (χ1v) is 9.63. The monoisotopic (exact) mass is 399 g/mol. The Kier molecular flexibility index (Phi) is 6.40. The van der Waals surface area contributed by atoms with Gasteiger partial charge in [0.2, 0.25) is 5.91 Å². The summed E-state index contributed by atoms with van der Waals surface area (Å²) in [4.78, 5) is 28.6. The van der Waals surface area contributed by atoms with Gasteiger partial charge in [0.1, 0.15) is 0 Å². The lowest BCUT2D eigenvalue weighted by molar-refractivity contribution is -0.129. The second-order valence-electron chi connectivity index (χ2n) is 6.88. The van der Waals surface area contributed by atoms with Gasteiger partial charge in [0.15, 0.2) is 0 Å². The molecule has 0 spiro atoms. The fourth-order valence-corrected chi connectivity index (χ4v) is 3.89. The highest BCUT2D eigenvalue weighted by molar-refractivity contribution is 6.42. The number of carbonyl (C=O) groups excluding carboxylic acids is 2. The molecule has 3 rings (SSSR count). The minimum absolute atomic E-state index is 0.0472. The number of benzene rings is 1. The molecule has 2 unspecified atom stereocenters. The number of hydrogen-bond acceptors (Lipinski definition) is 4. The van der Waals surface area contributed by atoms with Crippen molar-refractivity contribution in [2.75, 3.05) is 32.7 Å². The van der Waals surface area contributed by atoms with Crippen LogP contribution in [0.15, 0.2) is 18.2 Å². The van der Waals surface area contributed by atoms with Crippen molar-refractivity contribution in [2.45, 2.75) is 31.4 Å². The predicted octanol–water partition coefficient (Wildman–Crippen LogP) is 1.78. The van der Waals surface area contributed by atoms with Gasteiger partial charge >= 0.3 is 0 Å². The van der Waals surface area contributed by atoms with Gasteiger partial charge in [-0.2, -0.15) is 0 Å². The maximum absolute atomic E-state index is 12.4. The molecule has 0 saturated carbocycles. The van der Waals surface area contributed by atoms with Crippen LogP contribution in [-0.4, -0.2) is 71.6 Å². The molecule has 8 heteroatoms. The standard InChI is InChI=1S/C18H23Cl2N3O3/c19-15-4-3-12(8-16(15)20)18(26)21-9-17(25)23-7-5-13(10-23)22-6-1-2-14(24)11-22/h3-4,8,13-14,24H,1-2,5-7,9-11H2,(H,21,26). The van der Waals surface area contributed by atoms with E-state index < -0.39 is 0 Å². The second-order valence-corrected chi connectivity index (χ2v) is 7.70. The van der Waals surface area contributed by atoms with Gasteiger partial charge in [-0.15, -0.1) is 0 Å². The number of piperidine rings is 1. The molecule has 0 radical (unpaired) electrons. The van der Waals surface area contributed by atoms with Crippen molar-refractivity contribution >= 4 is 35.0 Å². The molecule has 2 heterocycles. The molecule has 0 bridgehead atoms. The molecular weight excluding hydrogens is 377 g/mol. The van der Waals surface area contributed by atoms with Gasteiger partial charge in [0, 0.05) is 31.2 Å². The first kappa shape index (κ1) is 19.4. The van der Waals surface area contributed by atoms with E-state index in [2.05, 4.69) is 10.2 Å².